The molecule has 1 saturated carbocycles. The van der Waals surface area contributed by atoms with Crippen LogP contribution in [0.5, 0.6) is 5.75 Å². The van der Waals surface area contributed by atoms with E-state index in [1.54, 1.807) is 7.11 Å². The van der Waals surface area contributed by atoms with Crippen molar-refractivity contribution in [3.05, 3.63) is 42.0 Å². The summed E-state index contributed by atoms with van der Waals surface area (Å²) in [6.45, 7) is 2.02. The van der Waals surface area contributed by atoms with E-state index in [1.165, 1.54) is 29.2 Å². The molecule has 2 aromatic rings. The zero-order valence-electron chi connectivity index (χ0n) is 10.8. The van der Waals surface area contributed by atoms with Gasteiger partial charge in [0.25, 0.3) is 0 Å². The van der Waals surface area contributed by atoms with Gasteiger partial charge in [-0.05, 0) is 42.1 Å². The third-order valence-corrected chi connectivity index (χ3v) is 3.65. The van der Waals surface area contributed by atoms with Gasteiger partial charge in [0, 0.05) is 12.1 Å². The lowest BCUT2D eigenvalue weighted by molar-refractivity contribution is 0.408. The first-order valence-electron chi connectivity index (χ1n) is 6.64. The van der Waals surface area contributed by atoms with Gasteiger partial charge < -0.3 is 10.1 Å². The quantitative estimate of drug-likeness (QED) is 0.866. The lowest BCUT2D eigenvalue weighted by Crippen LogP contribution is -2.16. The Kier molecular flexibility index (Phi) is 3.20. The van der Waals surface area contributed by atoms with Gasteiger partial charge >= 0.3 is 0 Å². The molecule has 0 unspecified atom stereocenters. The molecule has 0 bridgehead atoms. The molecule has 0 heterocycles. The van der Waals surface area contributed by atoms with Gasteiger partial charge in [-0.25, -0.2) is 0 Å². The van der Waals surface area contributed by atoms with Crippen LogP contribution in [0.3, 0.4) is 0 Å². The fraction of sp³-hybridized carbons (Fsp3) is 0.375. The summed E-state index contributed by atoms with van der Waals surface area (Å²) >= 11 is 0. The Morgan fingerprint density at radius 3 is 2.78 bits per heavy atom. The van der Waals surface area contributed by atoms with Crippen molar-refractivity contribution in [1.82, 2.24) is 5.32 Å². The van der Waals surface area contributed by atoms with Crippen molar-refractivity contribution in [2.45, 2.75) is 19.4 Å². The maximum atomic E-state index is 5.49. The number of methoxy groups -OCH3 is 1. The molecule has 1 aliphatic carbocycles. The summed E-state index contributed by atoms with van der Waals surface area (Å²) in [7, 11) is 1.74. The fourth-order valence-corrected chi connectivity index (χ4v) is 2.41. The van der Waals surface area contributed by atoms with Crippen molar-refractivity contribution >= 4 is 10.8 Å². The molecule has 18 heavy (non-hydrogen) atoms. The molecule has 0 saturated heterocycles. The molecule has 0 aromatic heterocycles. The van der Waals surface area contributed by atoms with Gasteiger partial charge in [-0.3, -0.25) is 0 Å². The SMILES string of the molecule is COc1ccc2ccccc2c1CNCC1CC1. The van der Waals surface area contributed by atoms with Crippen molar-refractivity contribution in [2.75, 3.05) is 13.7 Å². The molecule has 2 aromatic carbocycles. The van der Waals surface area contributed by atoms with Gasteiger partial charge in [0.05, 0.1) is 7.11 Å². The number of ether oxygens (including phenoxy) is 1. The second kappa shape index (κ2) is 4.99. The topological polar surface area (TPSA) is 21.3 Å². The van der Waals surface area contributed by atoms with Crippen molar-refractivity contribution in [2.24, 2.45) is 5.92 Å². The van der Waals surface area contributed by atoms with E-state index in [-0.39, 0.29) is 0 Å². The maximum absolute atomic E-state index is 5.49. The second-order valence-electron chi connectivity index (χ2n) is 5.04. The van der Waals surface area contributed by atoms with Crippen LogP contribution >= 0.6 is 0 Å². The van der Waals surface area contributed by atoms with E-state index < -0.39 is 0 Å². The van der Waals surface area contributed by atoms with Gasteiger partial charge in [-0.15, -0.1) is 0 Å². The summed E-state index contributed by atoms with van der Waals surface area (Å²) in [6, 6.07) is 12.7. The van der Waals surface area contributed by atoms with E-state index in [9.17, 15) is 0 Å². The zero-order valence-corrected chi connectivity index (χ0v) is 10.8. The highest BCUT2D eigenvalue weighted by atomic mass is 16.5. The molecule has 94 valence electrons. The highest BCUT2D eigenvalue weighted by Gasteiger charge is 2.20. The van der Waals surface area contributed by atoms with E-state index in [0.717, 1.165) is 24.8 Å². The van der Waals surface area contributed by atoms with Crippen LogP contribution in [-0.4, -0.2) is 13.7 Å². The predicted molar refractivity (Wildman–Crippen MR) is 74.9 cm³/mol. The summed E-state index contributed by atoms with van der Waals surface area (Å²) in [5.74, 6) is 1.89. The lowest BCUT2D eigenvalue weighted by Gasteiger charge is -2.12. The third kappa shape index (κ3) is 2.34. The molecule has 0 spiro atoms. The van der Waals surface area contributed by atoms with Gasteiger partial charge in [-0.2, -0.15) is 0 Å². The first-order valence-corrected chi connectivity index (χ1v) is 6.64. The van der Waals surface area contributed by atoms with E-state index in [0.29, 0.717) is 0 Å². The molecule has 1 fully saturated rings. The van der Waals surface area contributed by atoms with Crippen LogP contribution in [0.1, 0.15) is 18.4 Å². The first-order chi connectivity index (χ1) is 8.88. The number of benzene rings is 2. The van der Waals surface area contributed by atoms with Crippen molar-refractivity contribution in [3.63, 3.8) is 0 Å². The molecule has 0 atom stereocenters. The molecule has 3 rings (SSSR count). The van der Waals surface area contributed by atoms with Crippen LogP contribution < -0.4 is 10.1 Å². The summed E-state index contributed by atoms with van der Waals surface area (Å²) < 4.78 is 5.49. The van der Waals surface area contributed by atoms with Gasteiger partial charge in [0.15, 0.2) is 0 Å². The minimum atomic E-state index is 0.890. The van der Waals surface area contributed by atoms with Crippen LogP contribution in [-0.2, 0) is 6.54 Å². The van der Waals surface area contributed by atoms with Crippen molar-refractivity contribution in [1.29, 1.82) is 0 Å². The highest BCUT2D eigenvalue weighted by Crippen LogP contribution is 2.30. The van der Waals surface area contributed by atoms with E-state index in [2.05, 4.69) is 41.7 Å². The van der Waals surface area contributed by atoms with E-state index in [4.69, 9.17) is 4.74 Å². The fourth-order valence-electron chi connectivity index (χ4n) is 2.41. The number of fused-ring (bicyclic) bond motifs is 1. The minimum Gasteiger partial charge on any atom is -0.496 e. The van der Waals surface area contributed by atoms with Crippen LogP contribution in [0.4, 0.5) is 0 Å². The zero-order chi connectivity index (χ0) is 12.4. The van der Waals surface area contributed by atoms with Crippen LogP contribution in [0, 0.1) is 5.92 Å². The van der Waals surface area contributed by atoms with Crippen LogP contribution in [0.25, 0.3) is 10.8 Å². The standard InChI is InChI=1S/C16H19NO/c1-18-16-9-8-13-4-2-3-5-14(13)15(16)11-17-10-12-6-7-12/h2-5,8-9,12,17H,6-7,10-11H2,1H3. The highest BCUT2D eigenvalue weighted by molar-refractivity contribution is 5.87. The lowest BCUT2D eigenvalue weighted by atomic mass is 10.0. The maximum Gasteiger partial charge on any atom is 0.123 e. The Labute approximate surface area is 108 Å². The Balaban J connectivity index is 1.89. The van der Waals surface area contributed by atoms with Gasteiger partial charge in [-0.1, -0.05) is 30.3 Å². The Bertz CT molecular complexity index is 546. The third-order valence-electron chi connectivity index (χ3n) is 3.65. The smallest absolute Gasteiger partial charge is 0.123 e. The Morgan fingerprint density at radius 1 is 1.17 bits per heavy atom. The summed E-state index contributed by atoms with van der Waals surface area (Å²) in [6.07, 6.45) is 2.78. The van der Waals surface area contributed by atoms with Gasteiger partial charge in [0.2, 0.25) is 0 Å². The molecule has 1 N–H and O–H groups in total. The summed E-state index contributed by atoms with van der Waals surface area (Å²) in [4.78, 5) is 0. The predicted octanol–water partition coefficient (Wildman–Crippen LogP) is 3.35. The normalized spacial score (nSPS) is 14.9. The summed E-state index contributed by atoms with van der Waals surface area (Å²) in [5.41, 5.74) is 1.27. The second-order valence-corrected chi connectivity index (χ2v) is 5.04. The van der Waals surface area contributed by atoms with E-state index in [1.807, 2.05) is 0 Å². The molecule has 2 nitrogen and oxygen atoms in total. The minimum absolute atomic E-state index is 0.890. The number of rotatable bonds is 5. The molecular weight excluding hydrogens is 222 g/mol. The summed E-state index contributed by atoms with van der Waals surface area (Å²) in [5, 5.41) is 6.12. The van der Waals surface area contributed by atoms with E-state index >= 15 is 0 Å². The average Bonchev–Trinajstić information content (AvgIpc) is 3.23. The Hall–Kier alpha value is -1.54. The Morgan fingerprint density at radius 2 is 2.00 bits per heavy atom. The number of nitrogens with one attached hydrogen (secondary N) is 1. The first kappa shape index (κ1) is 11.5. The molecular formula is C16H19NO. The van der Waals surface area contributed by atoms with Gasteiger partial charge in [0.1, 0.15) is 5.75 Å². The largest absolute Gasteiger partial charge is 0.496 e. The molecule has 1 aliphatic rings. The van der Waals surface area contributed by atoms with Crippen molar-refractivity contribution in [3.8, 4) is 5.75 Å². The average molecular weight is 241 g/mol. The van der Waals surface area contributed by atoms with Crippen LogP contribution in [0.2, 0.25) is 0 Å². The number of hydrogen-bond acceptors (Lipinski definition) is 2. The number of hydrogen-bond donors (Lipinski definition) is 1. The molecule has 0 radical (unpaired) electrons. The van der Waals surface area contributed by atoms with Crippen LogP contribution in [0.15, 0.2) is 36.4 Å². The molecule has 0 amide bonds. The monoisotopic (exact) mass is 241 g/mol. The molecule has 0 aliphatic heterocycles. The van der Waals surface area contributed by atoms with Crippen molar-refractivity contribution < 1.29 is 4.74 Å². The molecule has 2 heteroatoms.